The maximum atomic E-state index is 9.62. The predicted molar refractivity (Wildman–Crippen MR) is 84.3 cm³/mol. The number of aliphatic hydroxyl groups is 1. The summed E-state index contributed by atoms with van der Waals surface area (Å²) in [6, 6.07) is 9.87. The third-order valence-corrected chi connectivity index (χ3v) is 4.36. The fourth-order valence-electron chi connectivity index (χ4n) is 2.97. The average molecular weight is 301 g/mol. The van der Waals surface area contributed by atoms with Gasteiger partial charge in [0.25, 0.3) is 0 Å². The van der Waals surface area contributed by atoms with Crippen LogP contribution in [0.4, 0.5) is 0 Å². The van der Waals surface area contributed by atoms with Gasteiger partial charge in [-0.2, -0.15) is 4.98 Å². The normalized spacial score (nSPS) is 20.4. The van der Waals surface area contributed by atoms with Gasteiger partial charge in [0.1, 0.15) is 0 Å². The largest absolute Gasteiger partial charge is 0.393 e. The Morgan fingerprint density at radius 3 is 2.91 bits per heavy atom. The minimum Gasteiger partial charge on any atom is -0.393 e. The van der Waals surface area contributed by atoms with Crippen LogP contribution in [0.25, 0.3) is 11.4 Å². The summed E-state index contributed by atoms with van der Waals surface area (Å²) in [6.45, 7) is 4.98. The number of rotatable bonds is 6. The van der Waals surface area contributed by atoms with Crippen LogP contribution in [0.5, 0.6) is 0 Å². The molecule has 0 radical (unpaired) electrons. The Bertz CT molecular complexity index is 583. The summed E-state index contributed by atoms with van der Waals surface area (Å²) in [6.07, 6.45) is 2.70. The Kier molecular flexibility index (Phi) is 4.85. The second-order valence-electron chi connectivity index (χ2n) is 6.07. The first-order chi connectivity index (χ1) is 10.7. The van der Waals surface area contributed by atoms with Crippen molar-refractivity contribution >= 4 is 0 Å². The first-order valence-corrected chi connectivity index (χ1v) is 8.01. The van der Waals surface area contributed by atoms with Gasteiger partial charge in [-0.15, -0.1) is 0 Å². The first kappa shape index (κ1) is 15.2. The van der Waals surface area contributed by atoms with Crippen LogP contribution in [0.2, 0.25) is 0 Å². The molecular formula is C17H23N3O2. The van der Waals surface area contributed by atoms with Gasteiger partial charge in [-0.25, -0.2) is 0 Å². The van der Waals surface area contributed by atoms with Crippen LogP contribution in [0, 0.1) is 5.92 Å². The van der Waals surface area contributed by atoms with E-state index in [1.54, 1.807) is 0 Å². The number of aryl methyl sites for hydroxylation is 1. The van der Waals surface area contributed by atoms with Gasteiger partial charge < -0.3 is 14.5 Å². The lowest BCUT2D eigenvalue weighted by Crippen LogP contribution is -2.25. The molecule has 1 aromatic carbocycles. The summed E-state index contributed by atoms with van der Waals surface area (Å²) in [7, 11) is 0. The van der Waals surface area contributed by atoms with E-state index in [9.17, 15) is 5.11 Å². The third-order valence-electron chi connectivity index (χ3n) is 4.36. The van der Waals surface area contributed by atoms with Crippen LogP contribution < -0.4 is 0 Å². The van der Waals surface area contributed by atoms with E-state index in [0.717, 1.165) is 44.5 Å². The van der Waals surface area contributed by atoms with Gasteiger partial charge in [-0.1, -0.05) is 35.5 Å². The lowest BCUT2D eigenvalue weighted by Gasteiger charge is -2.16. The number of benzene rings is 1. The molecule has 1 fully saturated rings. The molecule has 0 bridgehead atoms. The smallest absolute Gasteiger partial charge is 0.227 e. The summed E-state index contributed by atoms with van der Waals surface area (Å²) in [5, 5.41) is 13.7. The Morgan fingerprint density at radius 2 is 2.18 bits per heavy atom. The van der Waals surface area contributed by atoms with E-state index in [1.807, 2.05) is 37.3 Å². The van der Waals surface area contributed by atoms with Crippen LogP contribution in [0.1, 0.15) is 25.7 Å². The quantitative estimate of drug-likeness (QED) is 0.887. The van der Waals surface area contributed by atoms with Crippen molar-refractivity contribution < 1.29 is 9.63 Å². The molecule has 22 heavy (non-hydrogen) atoms. The minimum atomic E-state index is -0.200. The lowest BCUT2D eigenvalue weighted by atomic mass is 10.0. The zero-order chi connectivity index (χ0) is 15.4. The molecule has 5 heteroatoms. The predicted octanol–water partition coefficient (Wildman–Crippen LogP) is 2.37. The fourth-order valence-corrected chi connectivity index (χ4v) is 2.97. The molecule has 0 saturated carbocycles. The van der Waals surface area contributed by atoms with Crippen molar-refractivity contribution in [2.24, 2.45) is 5.92 Å². The van der Waals surface area contributed by atoms with Crippen molar-refractivity contribution in [1.82, 2.24) is 15.0 Å². The standard InChI is InChI=1S/C17H23N3O2/c1-13(21)15-9-11-20(12-15)10-5-8-16-18-17(19-22-16)14-6-3-2-4-7-14/h2-4,6-7,13,15,21H,5,8-12H2,1H3. The second-order valence-corrected chi connectivity index (χ2v) is 6.07. The molecule has 2 aromatic rings. The Balaban J connectivity index is 1.46. The zero-order valence-electron chi connectivity index (χ0n) is 13.0. The number of aliphatic hydroxyl groups excluding tert-OH is 1. The lowest BCUT2D eigenvalue weighted by molar-refractivity contribution is 0.127. The van der Waals surface area contributed by atoms with Gasteiger partial charge in [0, 0.05) is 18.5 Å². The van der Waals surface area contributed by atoms with Crippen molar-refractivity contribution in [3.8, 4) is 11.4 Å². The molecule has 2 atom stereocenters. The molecule has 2 unspecified atom stereocenters. The van der Waals surface area contributed by atoms with Gasteiger partial charge in [-0.3, -0.25) is 0 Å². The third kappa shape index (κ3) is 3.72. The molecule has 2 heterocycles. The van der Waals surface area contributed by atoms with Gasteiger partial charge >= 0.3 is 0 Å². The van der Waals surface area contributed by atoms with Crippen molar-refractivity contribution in [3.63, 3.8) is 0 Å². The molecule has 1 aromatic heterocycles. The molecular weight excluding hydrogens is 278 g/mol. The molecule has 1 N–H and O–H groups in total. The van der Waals surface area contributed by atoms with Crippen LogP contribution >= 0.6 is 0 Å². The summed E-state index contributed by atoms with van der Waals surface area (Å²) < 4.78 is 5.32. The van der Waals surface area contributed by atoms with E-state index < -0.39 is 0 Å². The number of nitrogens with zero attached hydrogens (tertiary/aromatic N) is 3. The number of hydrogen-bond donors (Lipinski definition) is 1. The minimum absolute atomic E-state index is 0.200. The summed E-state index contributed by atoms with van der Waals surface area (Å²) in [5.74, 6) is 1.78. The number of aromatic nitrogens is 2. The molecule has 1 aliphatic rings. The zero-order valence-corrected chi connectivity index (χ0v) is 13.0. The van der Waals surface area contributed by atoms with Crippen molar-refractivity contribution in [3.05, 3.63) is 36.2 Å². The highest BCUT2D eigenvalue weighted by atomic mass is 16.5. The molecule has 1 saturated heterocycles. The fraction of sp³-hybridized carbons (Fsp3) is 0.529. The van der Waals surface area contributed by atoms with E-state index in [4.69, 9.17) is 4.52 Å². The summed E-state index contributed by atoms with van der Waals surface area (Å²) in [4.78, 5) is 6.86. The molecule has 5 nitrogen and oxygen atoms in total. The highest BCUT2D eigenvalue weighted by Gasteiger charge is 2.25. The Morgan fingerprint density at radius 1 is 1.36 bits per heavy atom. The average Bonchev–Trinajstić information content (AvgIpc) is 3.18. The maximum Gasteiger partial charge on any atom is 0.227 e. The van der Waals surface area contributed by atoms with E-state index in [-0.39, 0.29) is 6.10 Å². The monoisotopic (exact) mass is 301 g/mol. The molecule has 1 aliphatic heterocycles. The van der Waals surface area contributed by atoms with Crippen molar-refractivity contribution in [1.29, 1.82) is 0 Å². The van der Waals surface area contributed by atoms with E-state index in [0.29, 0.717) is 17.6 Å². The molecule has 0 aliphatic carbocycles. The van der Waals surface area contributed by atoms with Crippen molar-refractivity contribution in [2.45, 2.75) is 32.3 Å². The van der Waals surface area contributed by atoms with Gasteiger partial charge in [-0.05, 0) is 38.8 Å². The van der Waals surface area contributed by atoms with Gasteiger partial charge in [0.2, 0.25) is 11.7 Å². The second kappa shape index (κ2) is 7.03. The van der Waals surface area contributed by atoms with Crippen LogP contribution in [0.3, 0.4) is 0 Å². The first-order valence-electron chi connectivity index (χ1n) is 8.01. The van der Waals surface area contributed by atoms with E-state index in [1.165, 1.54) is 0 Å². The van der Waals surface area contributed by atoms with Crippen LogP contribution in [-0.4, -0.2) is 45.9 Å². The van der Waals surface area contributed by atoms with Crippen LogP contribution in [-0.2, 0) is 6.42 Å². The number of likely N-dealkylation sites (tertiary alicyclic amines) is 1. The van der Waals surface area contributed by atoms with Crippen LogP contribution in [0.15, 0.2) is 34.9 Å². The molecule has 3 rings (SSSR count). The molecule has 0 spiro atoms. The van der Waals surface area contributed by atoms with Gasteiger partial charge in [0.15, 0.2) is 0 Å². The molecule has 118 valence electrons. The molecule has 0 amide bonds. The highest BCUT2D eigenvalue weighted by molar-refractivity contribution is 5.53. The van der Waals surface area contributed by atoms with Gasteiger partial charge in [0.05, 0.1) is 6.10 Å². The topological polar surface area (TPSA) is 62.4 Å². The highest BCUT2D eigenvalue weighted by Crippen LogP contribution is 2.20. The van der Waals surface area contributed by atoms with E-state index >= 15 is 0 Å². The van der Waals surface area contributed by atoms with Crippen molar-refractivity contribution in [2.75, 3.05) is 19.6 Å². The Hall–Kier alpha value is -1.72. The summed E-state index contributed by atoms with van der Waals surface area (Å²) >= 11 is 0. The van der Waals surface area contributed by atoms with E-state index in [2.05, 4.69) is 15.0 Å². The maximum absolute atomic E-state index is 9.62. The Labute approximate surface area is 131 Å². The summed E-state index contributed by atoms with van der Waals surface area (Å²) in [5.41, 5.74) is 0.983. The number of hydrogen-bond acceptors (Lipinski definition) is 5. The SMILES string of the molecule is CC(O)C1CCN(CCCc2nc(-c3ccccc3)no2)C1.